The highest BCUT2D eigenvalue weighted by Crippen LogP contribution is 2.36. The van der Waals surface area contributed by atoms with Crippen LogP contribution in [0.1, 0.15) is 43.0 Å². The predicted octanol–water partition coefficient (Wildman–Crippen LogP) is 3.22. The molecule has 30 heavy (non-hydrogen) atoms. The molecule has 2 aliphatic rings. The van der Waals surface area contributed by atoms with Gasteiger partial charge in [0.25, 0.3) is 5.91 Å². The number of amides is 1. The molecule has 0 spiro atoms. The first-order valence-corrected chi connectivity index (χ1v) is 11.2. The average molecular weight is 432 g/mol. The summed E-state index contributed by atoms with van der Waals surface area (Å²) in [6.45, 7) is 2.30. The molecule has 1 aromatic carbocycles. The number of benzene rings is 1. The van der Waals surface area contributed by atoms with Crippen LogP contribution in [0.3, 0.4) is 0 Å². The molecule has 9 nitrogen and oxygen atoms in total. The van der Waals surface area contributed by atoms with Crippen molar-refractivity contribution in [2.75, 3.05) is 37.7 Å². The Morgan fingerprint density at radius 2 is 1.87 bits per heavy atom. The van der Waals surface area contributed by atoms with E-state index in [4.69, 9.17) is 4.74 Å². The van der Waals surface area contributed by atoms with E-state index < -0.39 is 4.92 Å². The quantitative estimate of drug-likeness (QED) is 0.511. The van der Waals surface area contributed by atoms with Gasteiger partial charge >= 0.3 is 5.69 Å². The zero-order chi connectivity index (χ0) is 20.9. The molecular weight excluding hydrogens is 406 g/mol. The van der Waals surface area contributed by atoms with E-state index in [1.807, 2.05) is 0 Å². The normalized spacial score (nSPS) is 17.7. The van der Waals surface area contributed by atoms with Gasteiger partial charge in [-0.3, -0.25) is 14.9 Å². The van der Waals surface area contributed by atoms with Crippen molar-refractivity contribution in [1.82, 2.24) is 15.1 Å². The fourth-order valence-electron chi connectivity index (χ4n) is 3.98. The Labute approximate surface area is 178 Å². The van der Waals surface area contributed by atoms with Gasteiger partial charge in [0.15, 0.2) is 12.4 Å². The number of ether oxygens (including phenoxy) is 1. The number of piperazine rings is 1. The van der Waals surface area contributed by atoms with Crippen molar-refractivity contribution < 1.29 is 14.5 Å². The number of carbonyl (C=O) groups excluding carboxylic acids is 1. The zero-order valence-electron chi connectivity index (χ0n) is 16.7. The maximum Gasteiger partial charge on any atom is 0.310 e. The number of nitro groups is 1. The third-order valence-corrected chi connectivity index (χ3v) is 6.85. The summed E-state index contributed by atoms with van der Waals surface area (Å²) in [6, 6.07) is 6.08. The van der Waals surface area contributed by atoms with Gasteiger partial charge in [0.05, 0.1) is 4.92 Å². The molecule has 2 fully saturated rings. The minimum atomic E-state index is -0.512. The van der Waals surface area contributed by atoms with Crippen LogP contribution in [0.2, 0.25) is 0 Å². The van der Waals surface area contributed by atoms with Crippen molar-refractivity contribution in [3.8, 4) is 5.75 Å². The molecule has 0 unspecified atom stereocenters. The second kappa shape index (κ2) is 9.38. The predicted molar refractivity (Wildman–Crippen MR) is 113 cm³/mol. The smallest absolute Gasteiger partial charge is 0.310 e. The number of anilines is 1. The number of hydrogen-bond donors (Lipinski definition) is 0. The number of nitro benzene ring substituents is 1. The van der Waals surface area contributed by atoms with Gasteiger partial charge in [0, 0.05) is 38.2 Å². The molecule has 0 radical (unpaired) electrons. The number of hydrogen-bond acceptors (Lipinski definition) is 8. The SMILES string of the molecule is O=C(COc1ccccc1[N+](=O)[O-])N1CCN(c2nnc(C3CCCCC3)s2)CC1. The molecule has 1 aromatic heterocycles. The van der Waals surface area contributed by atoms with Crippen LogP contribution >= 0.6 is 11.3 Å². The number of para-hydroxylation sites is 2. The Hall–Kier alpha value is -2.75. The molecule has 0 N–H and O–H groups in total. The van der Waals surface area contributed by atoms with Crippen molar-refractivity contribution in [2.24, 2.45) is 0 Å². The first kappa shape index (κ1) is 20.5. The fourth-order valence-corrected chi connectivity index (χ4v) is 5.04. The maximum absolute atomic E-state index is 12.5. The second-order valence-electron chi connectivity index (χ2n) is 7.64. The molecule has 1 aliphatic heterocycles. The van der Waals surface area contributed by atoms with Crippen molar-refractivity contribution in [2.45, 2.75) is 38.0 Å². The van der Waals surface area contributed by atoms with Gasteiger partial charge in [0.2, 0.25) is 5.13 Å². The lowest BCUT2D eigenvalue weighted by atomic mass is 9.90. The lowest BCUT2D eigenvalue weighted by Gasteiger charge is -2.34. The molecule has 1 saturated heterocycles. The molecule has 2 heterocycles. The summed E-state index contributed by atoms with van der Waals surface area (Å²) in [6.07, 6.45) is 6.27. The molecule has 10 heteroatoms. The third kappa shape index (κ3) is 4.69. The highest BCUT2D eigenvalue weighted by molar-refractivity contribution is 7.15. The molecule has 1 amide bonds. The molecule has 160 valence electrons. The summed E-state index contributed by atoms with van der Waals surface area (Å²) in [5, 5.41) is 21.9. The highest BCUT2D eigenvalue weighted by Gasteiger charge is 2.26. The number of rotatable bonds is 6. The lowest BCUT2D eigenvalue weighted by Crippen LogP contribution is -2.50. The highest BCUT2D eigenvalue weighted by atomic mass is 32.1. The van der Waals surface area contributed by atoms with E-state index in [-0.39, 0.29) is 24.0 Å². The Bertz CT molecular complexity index is 891. The molecule has 0 bridgehead atoms. The van der Waals surface area contributed by atoms with Crippen molar-refractivity contribution in [1.29, 1.82) is 0 Å². The van der Waals surface area contributed by atoms with Crippen LogP contribution < -0.4 is 9.64 Å². The Balaban J connectivity index is 1.28. The Morgan fingerprint density at radius 3 is 2.60 bits per heavy atom. The Morgan fingerprint density at radius 1 is 1.13 bits per heavy atom. The van der Waals surface area contributed by atoms with Gasteiger partial charge in [0.1, 0.15) is 5.01 Å². The summed E-state index contributed by atoms with van der Waals surface area (Å²) in [5.41, 5.74) is -0.139. The van der Waals surface area contributed by atoms with E-state index in [1.54, 1.807) is 28.4 Å². The standard InChI is InChI=1S/C20H25N5O4S/c26-18(14-29-17-9-5-4-8-16(17)25(27)28)23-10-12-24(13-11-23)20-22-21-19(30-20)15-6-2-1-3-7-15/h4-5,8-9,15H,1-3,6-7,10-14H2. The number of carbonyl (C=O) groups is 1. The second-order valence-corrected chi connectivity index (χ2v) is 8.63. The van der Waals surface area contributed by atoms with Crippen molar-refractivity contribution >= 4 is 28.1 Å². The van der Waals surface area contributed by atoms with E-state index in [9.17, 15) is 14.9 Å². The summed E-state index contributed by atoms with van der Waals surface area (Å²) in [5.74, 6) is 0.485. The largest absolute Gasteiger partial charge is 0.477 e. The van der Waals surface area contributed by atoms with Crippen LogP contribution in [0.5, 0.6) is 5.75 Å². The fraction of sp³-hybridized carbons (Fsp3) is 0.550. The minimum Gasteiger partial charge on any atom is -0.477 e. The van der Waals surface area contributed by atoms with Crippen LogP contribution in [-0.2, 0) is 4.79 Å². The van der Waals surface area contributed by atoms with Crippen LogP contribution in [0, 0.1) is 10.1 Å². The lowest BCUT2D eigenvalue weighted by molar-refractivity contribution is -0.385. The van der Waals surface area contributed by atoms with Crippen LogP contribution in [0.15, 0.2) is 24.3 Å². The van der Waals surface area contributed by atoms with E-state index >= 15 is 0 Å². The Kier molecular flexibility index (Phi) is 6.41. The summed E-state index contributed by atoms with van der Waals surface area (Å²) in [7, 11) is 0. The van der Waals surface area contributed by atoms with Gasteiger partial charge in [-0.2, -0.15) is 0 Å². The van der Waals surface area contributed by atoms with Crippen molar-refractivity contribution in [3.05, 3.63) is 39.4 Å². The minimum absolute atomic E-state index is 0.110. The summed E-state index contributed by atoms with van der Waals surface area (Å²) >= 11 is 1.68. The molecule has 4 rings (SSSR count). The van der Waals surface area contributed by atoms with Crippen LogP contribution in [0.4, 0.5) is 10.8 Å². The summed E-state index contributed by atoms with van der Waals surface area (Å²) < 4.78 is 5.43. The van der Waals surface area contributed by atoms with E-state index in [2.05, 4.69) is 15.1 Å². The average Bonchev–Trinajstić information content (AvgIpc) is 3.29. The van der Waals surface area contributed by atoms with E-state index in [0.717, 1.165) is 10.1 Å². The molecule has 2 aromatic rings. The summed E-state index contributed by atoms with van der Waals surface area (Å²) in [4.78, 5) is 26.9. The van der Waals surface area contributed by atoms with E-state index in [1.165, 1.54) is 44.2 Å². The molecule has 0 atom stereocenters. The first-order valence-electron chi connectivity index (χ1n) is 10.3. The van der Waals surface area contributed by atoms with Crippen LogP contribution in [0.25, 0.3) is 0 Å². The molecule has 1 aliphatic carbocycles. The van der Waals surface area contributed by atoms with Gasteiger partial charge in [-0.05, 0) is 18.9 Å². The molecule has 1 saturated carbocycles. The third-order valence-electron chi connectivity index (χ3n) is 5.70. The van der Waals surface area contributed by atoms with Gasteiger partial charge in [-0.15, -0.1) is 10.2 Å². The first-order chi connectivity index (χ1) is 14.6. The van der Waals surface area contributed by atoms with Crippen LogP contribution in [-0.4, -0.2) is 58.7 Å². The van der Waals surface area contributed by atoms with Crippen molar-refractivity contribution in [3.63, 3.8) is 0 Å². The van der Waals surface area contributed by atoms with Gasteiger partial charge in [-0.1, -0.05) is 42.7 Å². The monoisotopic (exact) mass is 431 g/mol. The van der Waals surface area contributed by atoms with E-state index in [0.29, 0.717) is 32.1 Å². The number of nitrogens with zero attached hydrogens (tertiary/aromatic N) is 5. The topological polar surface area (TPSA) is 102 Å². The van der Waals surface area contributed by atoms with Gasteiger partial charge < -0.3 is 14.5 Å². The zero-order valence-corrected chi connectivity index (χ0v) is 17.6. The van der Waals surface area contributed by atoms with Gasteiger partial charge in [-0.25, -0.2) is 0 Å². The maximum atomic E-state index is 12.5. The number of aromatic nitrogens is 2. The molecular formula is C20H25N5O4S.